The fourth-order valence-electron chi connectivity index (χ4n) is 4.13. The fourth-order valence-corrected chi connectivity index (χ4v) is 7.18. The lowest BCUT2D eigenvalue weighted by molar-refractivity contribution is 0.225. The molecule has 2 aromatic rings. The van der Waals surface area contributed by atoms with Gasteiger partial charge in [0.25, 0.3) is 0 Å². The second-order valence-electron chi connectivity index (χ2n) is 9.99. The Morgan fingerprint density at radius 1 is 0.829 bits per heavy atom. The SMILES string of the molecule is CCCCCCCCCCc1cnc(-c2ccc(OCC[SiH2]COC[SiH2]CC(C)CC)cc2)nc1. The smallest absolute Gasteiger partial charge is 0.159 e. The molecule has 6 heteroatoms. The molecule has 35 heavy (non-hydrogen) atoms. The van der Waals surface area contributed by atoms with Gasteiger partial charge >= 0.3 is 0 Å². The lowest BCUT2D eigenvalue weighted by atomic mass is 10.1. The van der Waals surface area contributed by atoms with Gasteiger partial charge in [0.1, 0.15) is 5.75 Å². The highest BCUT2D eigenvalue weighted by Gasteiger charge is 2.04. The van der Waals surface area contributed by atoms with Gasteiger partial charge in [-0.1, -0.05) is 78.2 Å². The summed E-state index contributed by atoms with van der Waals surface area (Å²) in [4.78, 5) is 9.20. The molecular weight excluding hydrogens is 465 g/mol. The second-order valence-corrected chi connectivity index (χ2v) is 13.5. The molecule has 1 heterocycles. The van der Waals surface area contributed by atoms with E-state index in [2.05, 4.69) is 42.9 Å². The van der Waals surface area contributed by atoms with Crippen molar-refractivity contribution in [1.82, 2.24) is 9.97 Å². The van der Waals surface area contributed by atoms with Gasteiger partial charge in [0.05, 0.1) is 25.6 Å². The molecule has 0 saturated carbocycles. The van der Waals surface area contributed by atoms with E-state index in [1.807, 2.05) is 24.5 Å². The minimum atomic E-state index is -0.170. The van der Waals surface area contributed by atoms with E-state index in [4.69, 9.17) is 9.47 Å². The lowest BCUT2D eigenvalue weighted by Crippen LogP contribution is -2.13. The van der Waals surface area contributed by atoms with Gasteiger partial charge in [-0.3, -0.25) is 0 Å². The first-order valence-electron chi connectivity index (χ1n) is 14.3. The molecule has 0 spiro atoms. The molecule has 0 amide bonds. The maximum absolute atomic E-state index is 5.93. The van der Waals surface area contributed by atoms with E-state index in [1.54, 1.807) is 0 Å². The Balaban J connectivity index is 1.56. The van der Waals surface area contributed by atoms with E-state index in [0.29, 0.717) is 0 Å². The van der Waals surface area contributed by atoms with Crippen molar-refractivity contribution in [3.8, 4) is 17.1 Å². The molecule has 0 aliphatic rings. The zero-order valence-electron chi connectivity index (χ0n) is 22.8. The number of nitrogens with zero attached hydrogens (tertiary/aromatic N) is 2. The minimum Gasteiger partial charge on any atom is -0.494 e. The number of aryl methyl sites for hydroxylation is 1. The van der Waals surface area contributed by atoms with Crippen LogP contribution in [0, 0.1) is 5.92 Å². The minimum absolute atomic E-state index is 0.00821. The summed E-state index contributed by atoms with van der Waals surface area (Å²) in [5.41, 5.74) is 2.28. The Labute approximate surface area is 219 Å². The normalized spacial score (nSPS) is 12.8. The van der Waals surface area contributed by atoms with Crippen molar-refractivity contribution in [2.45, 2.75) is 97.1 Å². The number of rotatable bonds is 21. The van der Waals surface area contributed by atoms with Gasteiger partial charge in [0.15, 0.2) is 5.82 Å². The van der Waals surface area contributed by atoms with E-state index in [0.717, 1.165) is 54.6 Å². The first-order chi connectivity index (χ1) is 17.2. The van der Waals surface area contributed by atoms with E-state index < -0.39 is 0 Å². The van der Waals surface area contributed by atoms with Crippen LogP contribution in [0.4, 0.5) is 0 Å². The van der Waals surface area contributed by atoms with Crippen molar-refractivity contribution in [3.63, 3.8) is 0 Å². The van der Waals surface area contributed by atoms with Gasteiger partial charge in [0, 0.05) is 30.4 Å². The Bertz CT molecular complexity index is 756. The zero-order chi connectivity index (χ0) is 25.0. The maximum atomic E-state index is 5.93. The Morgan fingerprint density at radius 2 is 1.49 bits per heavy atom. The number of aromatic nitrogens is 2. The third-order valence-corrected chi connectivity index (χ3v) is 10.1. The fraction of sp³-hybridized carbons (Fsp3) is 0.655. The largest absolute Gasteiger partial charge is 0.494 e. The average molecular weight is 515 g/mol. The van der Waals surface area contributed by atoms with Crippen LogP contribution in [-0.2, 0) is 11.2 Å². The molecule has 2 rings (SSSR count). The molecule has 0 aliphatic heterocycles. The number of benzene rings is 1. The molecule has 0 saturated heterocycles. The first kappa shape index (κ1) is 29.7. The zero-order valence-corrected chi connectivity index (χ0v) is 25.6. The third kappa shape index (κ3) is 14.0. The summed E-state index contributed by atoms with van der Waals surface area (Å²) in [5.74, 6) is 2.60. The van der Waals surface area contributed by atoms with Crippen LogP contribution in [0.1, 0.15) is 84.1 Å². The molecular formula is C29H50N2O2Si2. The average Bonchev–Trinajstić information content (AvgIpc) is 2.90. The van der Waals surface area contributed by atoms with Crippen molar-refractivity contribution in [2.75, 3.05) is 19.1 Å². The van der Waals surface area contributed by atoms with Crippen molar-refractivity contribution in [1.29, 1.82) is 0 Å². The second kappa shape index (κ2) is 19.7. The molecule has 0 bridgehead atoms. The summed E-state index contributed by atoms with van der Waals surface area (Å²) < 4.78 is 11.8. The predicted molar refractivity (Wildman–Crippen MR) is 156 cm³/mol. The predicted octanol–water partition coefficient (Wildman–Crippen LogP) is 6.36. The Hall–Kier alpha value is -1.51. The summed E-state index contributed by atoms with van der Waals surface area (Å²) in [5, 5.41) is 0. The van der Waals surface area contributed by atoms with Crippen LogP contribution < -0.4 is 4.74 Å². The summed E-state index contributed by atoms with van der Waals surface area (Å²) in [7, 11) is -0.178. The summed E-state index contributed by atoms with van der Waals surface area (Å²) in [6.07, 6.45) is 19.2. The third-order valence-electron chi connectivity index (χ3n) is 6.77. The van der Waals surface area contributed by atoms with Crippen LogP contribution in [0.25, 0.3) is 11.4 Å². The quantitative estimate of drug-likeness (QED) is 0.144. The van der Waals surface area contributed by atoms with Crippen LogP contribution in [-0.4, -0.2) is 48.1 Å². The van der Waals surface area contributed by atoms with Gasteiger partial charge in [-0.2, -0.15) is 0 Å². The Morgan fingerprint density at radius 3 is 2.17 bits per heavy atom. The molecule has 0 aliphatic carbocycles. The van der Waals surface area contributed by atoms with Crippen molar-refractivity contribution < 1.29 is 9.47 Å². The maximum Gasteiger partial charge on any atom is 0.159 e. The van der Waals surface area contributed by atoms with Crippen LogP contribution in [0.15, 0.2) is 36.7 Å². The molecule has 0 N–H and O–H groups in total. The molecule has 1 aromatic carbocycles. The van der Waals surface area contributed by atoms with E-state index in [-0.39, 0.29) is 19.0 Å². The van der Waals surface area contributed by atoms with Crippen LogP contribution in [0.3, 0.4) is 0 Å². The lowest BCUT2D eigenvalue weighted by Gasteiger charge is -2.09. The van der Waals surface area contributed by atoms with Crippen LogP contribution >= 0.6 is 0 Å². The molecule has 1 atom stereocenters. The van der Waals surface area contributed by atoms with Crippen LogP contribution in [0.5, 0.6) is 5.75 Å². The number of ether oxygens (including phenoxy) is 2. The first-order valence-corrected chi connectivity index (χ1v) is 18.3. The van der Waals surface area contributed by atoms with Crippen LogP contribution in [0.2, 0.25) is 12.1 Å². The molecule has 4 nitrogen and oxygen atoms in total. The topological polar surface area (TPSA) is 44.2 Å². The van der Waals surface area contributed by atoms with Gasteiger partial charge in [-0.05, 0) is 54.6 Å². The highest BCUT2D eigenvalue weighted by atomic mass is 28.2. The molecule has 0 fully saturated rings. The Kier molecular flexibility index (Phi) is 16.7. The molecule has 1 aromatic heterocycles. The van der Waals surface area contributed by atoms with Gasteiger partial charge in [-0.15, -0.1) is 0 Å². The van der Waals surface area contributed by atoms with Crippen molar-refractivity contribution >= 4 is 19.0 Å². The summed E-state index contributed by atoms with van der Waals surface area (Å²) in [6.45, 7) is 7.70. The summed E-state index contributed by atoms with van der Waals surface area (Å²) in [6, 6.07) is 10.8. The van der Waals surface area contributed by atoms with Gasteiger partial charge in [0.2, 0.25) is 0 Å². The highest BCUT2D eigenvalue weighted by Crippen LogP contribution is 2.20. The molecule has 196 valence electrons. The molecule has 1 unspecified atom stereocenters. The monoisotopic (exact) mass is 514 g/mol. The standard InChI is InChI=1S/C29H50N2O2Si2/c1-4-6-7-8-9-10-11-12-13-26-20-30-29(31-21-26)27-14-16-28(17-15-27)33-18-19-34-23-32-24-35-22-25(3)5-2/h14-17,20-21,25H,4-13,18-19,22-24,34-35H2,1-3H3. The van der Waals surface area contributed by atoms with E-state index in [1.165, 1.54) is 69.4 Å². The number of unbranched alkanes of at least 4 members (excludes halogenated alkanes) is 7. The molecule has 0 radical (unpaired) electrons. The number of hydrogen-bond donors (Lipinski definition) is 0. The van der Waals surface area contributed by atoms with E-state index in [9.17, 15) is 0 Å². The van der Waals surface area contributed by atoms with Crippen molar-refractivity contribution in [3.05, 3.63) is 42.2 Å². The van der Waals surface area contributed by atoms with E-state index >= 15 is 0 Å². The van der Waals surface area contributed by atoms with Crippen molar-refractivity contribution in [2.24, 2.45) is 5.92 Å². The highest BCUT2D eigenvalue weighted by molar-refractivity contribution is 6.36. The van der Waals surface area contributed by atoms with Gasteiger partial charge in [-0.25, -0.2) is 9.97 Å². The number of hydrogen-bond acceptors (Lipinski definition) is 4. The summed E-state index contributed by atoms with van der Waals surface area (Å²) >= 11 is 0. The van der Waals surface area contributed by atoms with Gasteiger partial charge < -0.3 is 9.47 Å².